The van der Waals surface area contributed by atoms with Gasteiger partial charge in [0, 0.05) is 0 Å². The predicted octanol–water partition coefficient (Wildman–Crippen LogP) is 2.46. The molecular weight excluding hydrogens is 183 g/mol. The van der Waals surface area contributed by atoms with Gasteiger partial charge in [-0.1, -0.05) is 0 Å². The van der Waals surface area contributed by atoms with Crippen molar-refractivity contribution in [2.75, 3.05) is 0 Å². The summed E-state index contributed by atoms with van der Waals surface area (Å²) in [5.41, 5.74) is 5.61. The van der Waals surface area contributed by atoms with Crippen LogP contribution in [0.2, 0.25) is 0 Å². The second-order valence-corrected chi connectivity index (χ2v) is 2.91. The van der Waals surface area contributed by atoms with Crippen LogP contribution < -0.4 is 5.73 Å². The van der Waals surface area contributed by atoms with Crippen LogP contribution in [0, 0.1) is 13.8 Å². The van der Waals surface area contributed by atoms with Gasteiger partial charge in [-0.2, -0.15) is 13.2 Å². The first-order valence-corrected chi connectivity index (χ1v) is 3.71. The molecule has 74 valence electrons. The van der Waals surface area contributed by atoms with Crippen LogP contribution in [0.15, 0.2) is 10.5 Å². The summed E-state index contributed by atoms with van der Waals surface area (Å²) < 4.78 is 41.1. The van der Waals surface area contributed by atoms with Crippen LogP contribution in [0.25, 0.3) is 0 Å². The van der Waals surface area contributed by atoms with Gasteiger partial charge in [-0.3, -0.25) is 0 Å². The molecule has 0 fully saturated rings. The lowest BCUT2D eigenvalue weighted by molar-refractivity contribution is -0.152. The van der Waals surface area contributed by atoms with Crippen molar-refractivity contribution in [3.63, 3.8) is 0 Å². The number of hydrogen-bond donors (Lipinski definition) is 1. The highest BCUT2D eigenvalue weighted by Gasteiger charge is 2.40. The summed E-state index contributed by atoms with van der Waals surface area (Å²) in [7, 11) is 0. The fourth-order valence-electron chi connectivity index (χ4n) is 0.916. The van der Waals surface area contributed by atoms with E-state index in [1.165, 1.54) is 6.07 Å². The highest BCUT2D eigenvalue weighted by atomic mass is 19.4. The zero-order valence-electron chi connectivity index (χ0n) is 7.27. The number of furan rings is 1. The van der Waals surface area contributed by atoms with Crippen molar-refractivity contribution in [2.45, 2.75) is 26.1 Å². The van der Waals surface area contributed by atoms with Crippen molar-refractivity contribution in [2.24, 2.45) is 5.73 Å². The van der Waals surface area contributed by atoms with Crippen LogP contribution in [0.5, 0.6) is 0 Å². The smallest absolute Gasteiger partial charge is 0.410 e. The third-order valence-corrected chi connectivity index (χ3v) is 1.84. The Bertz CT molecular complexity index is 283. The van der Waals surface area contributed by atoms with E-state index < -0.39 is 12.2 Å². The molecule has 0 unspecified atom stereocenters. The fraction of sp³-hybridized carbons (Fsp3) is 0.500. The predicted molar refractivity (Wildman–Crippen MR) is 41.2 cm³/mol. The highest BCUT2D eigenvalue weighted by molar-refractivity contribution is 5.21. The summed E-state index contributed by atoms with van der Waals surface area (Å²) in [6.45, 7) is 3.27. The van der Waals surface area contributed by atoms with Gasteiger partial charge in [0.15, 0.2) is 6.04 Å². The number of nitrogens with two attached hydrogens (primary N) is 1. The van der Waals surface area contributed by atoms with Gasteiger partial charge < -0.3 is 10.2 Å². The first kappa shape index (κ1) is 10.1. The molecule has 0 radical (unpaired) electrons. The second kappa shape index (κ2) is 3.06. The number of aryl methyl sites for hydroxylation is 2. The largest absolute Gasteiger partial charge is 0.464 e. The molecule has 1 rings (SSSR count). The van der Waals surface area contributed by atoms with Crippen molar-refractivity contribution < 1.29 is 17.6 Å². The van der Waals surface area contributed by atoms with Crippen molar-refractivity contribution in [3.05, 3.63) is 23.2 Å². The Morgan fingerprint density at radius 3 is 2.23 bits per heavy atom. The van der Waals surface area contributed by atoms with Crippen LogP contribution in [-0.4, -0.2) is 6.18 Å². The lowest BCUT2D eigenvalue weighted by Crippen LogP contribution is -2.27. The summed E-state index contributed by atoms with van der Waals surface area (Å²) in [5, 5.41) is 0. The summed E-state index contributed by atoms with van der Waals surface area (Å²) in [6, 6.07) is -0.715. The number of rotatable bonds is 1. The van der Waals surface area contributed by atoms with E-state index in [4.69, 9.17) is 10.2 Å². The molecule has 0 aliphatic heterocycles. The summed E-state index contributed by atoms with van der Waals surface area (Å²) >= 11 is 0. The Hall–Kier alpha value is -0.970. The Morgan fingerprint density at radius 1 is 1.38 bits per heavy atom. The van der Waals surface area contributed by atoms with Gasteiger partial charge in [-0.05, 0) is 25.5 Å². The summed E-state index contributed by atoms with van der Waals surface area (Å²) in [4.78, 5) is 0. The first-order chi connectivity index (χ1) is 5.82. The van der Waals surface area contributed by atoms with E-state index >= 15 is 0 Å². The van der Waals surface area contributed by atoms with Crippen molar-refractivity contribution in [1.29, 1.82) is 0 Å². The zero-order valence-corrected chi connectivity index (χ0v) is 7.27. The lowest BCUT2D eigenvalue weighted by atomic mass is 10.2. The Labute approximate surface area is 73.5 Å². The average Bonchev–Trinajstić information content (AvgIpc) is 2.29. The summed E-state index contributed by atoms with van der Waals surface area (Å²) in [6.07, 6.45) is -4.45. The second-order valence-electron chi connectivity index (χ2n) is 2.91. The average molecular weight is 193 g/mol. The van der Waals surface area contributed by atoms with Crippen LogP contribution in [-0.2, 0) is 0 Å². The minimum Gasteiger partial charge on any atom is -0.464 e. The van der Waals surface area contributed by atoms with Crippen molar-refractivity contribution in [3.8, 4) is 0 Å². The molecule has 5 heteroatoms. The maximum Gasteiger partial charge on any atom is 0.410 e. The minimum atomic E-state index is -4.45. The molecule has 1 atom stereocenters. The number of halogens is 3. The van der Waals surface area contributed by atoms with E-state index in [0.717, 1.165) is 0 Å². The van der Waals surface area contributed by atoms with Gasteiger partial charge in [0.25, 0.3) is 0 Å². The van der Waals surface area contributed by atoms with E-state index in [0.29, 0.717) is 11.3 Å². The third kappa shape index (κ3) is 2.03. The Balaban J connectivity index is 2.96. The zero-order chi connectivity index (χ0) is 10.2. The lowest BCUT2D eigenvalue weighted by Gasteiger charge is -2.12. The van der Waals surface area contributed by atoms with Gasteiger partial charge in [-0.25, -0.2) is 0 Å². The van der Waals surface area contributed by atoms with Crippen LogP contribution >= 0.6 is 0 Å². The number of hydrogen-bond acceptors (Lipinski definition) is 2. The standard InChI is InChI=1S/C8H10F3NO/c1-4-3-6(13-5(4)2)7(12)8(9,10)11/h3,7H,12H2,1-2H3/t7-/m1/s1. The molecule has 1 aromatic heterocycles. The molecule has 2 nitrogen and oxygen atoms in total. The van der Waals surface area contributed by atoms with Gasteiger partial charge in [0.1, 0.15) is 11.5 Å². The van der Waals surface area contributed by atoms with E-state index in [-0.39, 0.29) is 5.76 Å². The van der Waals surface area contributed by atoms with Crippen LogP contribution in [0.1, 0.15) is 23.1 Å². The molecule has 0 amide bonds. The Morgan fingerprint density at radius 2 is 1.92 bits per heavy atom. The van der Waals surface area contributed by atoms with E-state index in [1.807, 2.05) is 0 Å². The van der Waals surface area contributed by atoms with Crippen LogP contribution in [0.4, 0.5) is 13.2 Å². The maximum absolute atomic E-state index is 12.1. The van der Waals surface area contributed by atoms with Gasteiger partial charge in [0.05, 0.1) is 0 Å². The third-order valence-electron chi connectivity index (χ3n) is 1.84. The molecule has 0 bridgehead atoms. The van der Waals surface area contributed by atoms with Gasteiger partial charge in [0.2, 0.25) is 0 Å². The molecule has 0 aliphatic carbocycles. The van der Waals surface area contributed by atoms with Crippen molar-refractivity contribution in [1.82, 2.24) is 0 Å². The van der Waals surface area contributed by atoms with Crippen molar-refractivity contribution >= 4 is 0 Å². The molecule has 2 N–H and O–H groups in total. The van der Waals surface area contributed by atoms with E-state index in [2.05, 4.69) is 0 Å². The highest BCUT2D eigenvalue weighted by Crippen LogP contribution is 2.32. The fourth-order valence-corrected chi connectivity index (χ4v) is 0.916. The van der Waals surface area contributed by atoms with Crippen LogP contribution in [0.3, 0.4) is 0 Å². The monoisotopic (exact) mass is 193 g/mol. The molecule has 0 spiro atoms. The summed E-state index contributed by atoms with van der Waals surface area (Å²) in [5.74, 6) is 0.234. The van der Waals surface area contributed by atoms with Gasteiger partial charge >= 0.3 is 6.18 Å². The maximum atomic E-state index is 12.1. The molecule has 0 saturated carbocycles. The molecule has 1 aromatic rings. The molecule has 0 aliphatic rings. The molecule has 0 aromatic carbocycles. The topological polar surface area (TPSA) is 39.2 Å². The minimum absolute atomic E-state index is 0.234. The van der Waals surface area contributed by atoms with E-state index in [9.17, 15) is 13.2 Å². The van der Waals surface area contributed by atoms with E-state index in [1.54, 1.807) is 13.8 Å². The Kier molecular flexibility index (Phi) is 2.38. The number of alkyl halides is 3. The SMILES string of the molecule is Cc1cc([C@@H](N)C(F)(F)F)oc1C. The molecular formula is C8H10F3NO. The molecule has 0 saturated heterocycles. The first-order valence-electron chi connectivity index (χ1n) is 3.71. The van der Waals surface area contributed by atoms with Gasteiger partial charge in [-0.15, -0.1) is 0 Å². The molecule has 1 heterocycles. The normalized spacial score (nSPS) is 14.6. The molecule has 13 heavy (non-hydrogen) atoms. The quantitative estimate of drug-likeness (QED) is 0.744.